The fraction of sp³-hybridized carbons (Fsp3) is 0.500. The van der Waals surface area contributed by atoms with E-state index in [4.69, 9.17) is 5.73 Å². The summed E-state index contributed by atoms with van der Waals surface area (Å²) in [6.45, 7) is 7.29. The summed E-state index contributed by atoms with van der Waals surface area (Å²) in [6.07, 6.45) is 1.06. The minimum atomic E-state index is -0.591. The van der Waals surface area contributed by atoms with Crippen LogP contribution >= 0.6 is 0 Å². The molecular weight excluding hydrogens is 272 g/mol. The van der Waals surface area contributed by atoms with Crippen molar-refractivity contribution in [2.45, 2.75) is 20.3 Å². The zero-order chi connectivity index (χ0) is 15.8. The molecule has 0 atom stereocenters. The highest BCUT2D eigenvalue weighted by atomic mass is 16.6. The van der Waals surface area contributed by atoms with Gasteiger partial charge in [-0.25, -0.2) is 0 Å². The molecule has 0 bridgehead atoms. The van der Waals surface area contributed by atoms with Crippen LogP contribution in [0.15, 0.2) is 18.2 Å². The lowest BCUT2D eigenvalue weighted by atomic mass is 10.1. The Hall–Kier alpha value is -2.15. The Labute approximate surface area is 124 Å². The first-order valence-corrected chi connectivity index (χ1v) is 7.04. The lowest BCUT2D eigenvalue weighted by molar-refractivity contribution is -0.383. The van der Waals surface area contributed by atoms with Gasteiger partial charge in [0.25, 0.3) is 11.6 Å². The standard InChI is InChI=1S/C14H22N4O3/c1-3-9-17(4-2)10-8-16-14(19)11-6-5-7-12(13(11)15)18(20)21/h5-7H,3-4,8-10,15H2,1-2H3,(H,16,19). The number of hydrogen-bond acceptors (Lipinski definition) is 5. The van der Waals surface area contributed by atoms with Crippen LogP contribution in [0.5, 0.6) is 0 Å². The normalized spacial score (nSPS) is 10.6. The highest BCUT2D eigenvalue weighted by Crippen LogP contribution is 2.24. The third kappa shape index (κ3) is 4.71. The molecule has 1 aromatic rings. The number of nitro benzene ring substituents is 1. The Balaban J connectivity index is 2.64. The van der Waals surface area contributed by atoms with Crippen LogP contribution in [0, 0.1) is 10.1 Å². The van der Waals surface area contributed by atoms with Crippen LogP contribution in [0.25, 0.3) is 0 Å². The molecule has 1 amide bonds. The lowest BCUT2D eigenvalue weighted by Crippen LogP contribution is -2.35. The molecule has 7 heteroatoms. The molecule has 0 fully saturated rings. The van der Waals surface area contributed by atoms with Gasteiger partial charge in [-0.3, -0.25) is 14.9 Å². The predicted octanol–water partition coefficient (Wildman–Crippen LogP) is 1.64. The molecule has 0 aromatic heterocycles. The molecular formula is C14H22N4O3. The molecule has 0 spiro atoms. The van der Waals surface area contributed by atoms with Crippen LogP contribution in [0.2, 0.25) is 0 Å². The first kappa shape index (κ1) is 16.9. The summed E-state index contributed by atoms with van der Waals surface area (Å²) in [7, 11) is 0. The molecule has 1 rings (SSSR count). The Morgan fingerprint density at radius 1 is 1.38 bits per heavy atom. The van der Waals surface area contributed by atoms with Gasteiger partial charge in [0.05, 0.1) is 10.5 Å². The molecule has 0 heterocycles. The Morgan fingerprint density at radius 2 is 2.10 bits per heavy atom. The highest BCUT2D eigenvalue weighted by molar-refractivity contribution is 6.00. The molecule has 0 saturated carbocycles. The van der Waals surface area contributed by atoms with Gasteiger partial charge < -0.3 is 16.0 Å². The highest BCUT2D eigenvalue weighted by Gasteiger charge is 2.18. The monoisotopic (exact) mass is 294 g/mol. The molecule has 0 aliphatic heterocycles. The number of nitrogens with zero attached hydrogens (tertiary/aromatic N) is 2. The summed E-state index contributed by atoms with van der Waals surface area (Å²) >= 11 is 0. The fourth-order valence-electron chi connectivity index (χ4n) is 2.08. The van der Waals surface area contributed by atoms with Crippen molar-refractivity contribution in [3.05, 3.63) is 33.9 Å². The number of anilines is 1. The van der Waals surface area contributed by atoms with E-state index in [1.54, 1.807) is 0 Å². The van der Waals surface area contributed by atoms with Crippen molar-refractivity contribution >= 4 is 17.3 Å². The maximum absolute atomic E-state index is 12.0. The second-order valence-electron chi connectivity index (χ2n) is 4.69. The lowest BCUT2D eigenvalue weighted by Gasteiger charge is -2.19. The Kier molecular flexibility index (Phi) is 6.61. The number of carbonyl (C=O) groups excluding carboxylic acids is 1. The quantitative estimate of drug-likeness (QED) is 0.431. The predicted molar refractivity (Wildman–Crippen MR) is 82.2 cm³/mol. The van der Waals surface area contributed by atoms with Gasteiger partial charge >= 0.3 is 0 Å². The number of likely N-dealkylation sites (N-methyl/N-ethyl adjacent to an activating group) is 1. The number of amides is 1. The summed E-state index contributed by atoms with van der Waals surface area (Å²) < 4.78 is 0. The van der Waals surface area contributed by atoms with Crippen LogP contribution in [-0.4, -0.2) is 41.9 Å². The third-order valence-electron chi connectivity index (χ3n) is 3.23. The van der Waals surface area contributed by atoms with Crippen LogP contribution in [0.4, 0.5) is 11.4 Å². The Morgan fingerprint density at radius 3 is 2.67 bits per heavy atom. The first-order valence-electron chi connectivity index (χ1n) is 7.04. The molecule has 7 nitrogen and oxygen atoms in total. The molecule has 0 radical (unpaired) electrons. The zero-order valence-corrected chi connectivity index (χ0v) is 12.5. The molecule has 116 valence electrons. The van der Waals surface area contributed by atoms with E-state index in [-0.39, 0.29) is 22.8 Å². The largest absolute Gasteiger partial charge is 0.393 e. The summed E-state index contributed by atoms with van der Waals surface area (Å²) in [5.74, 6) is -0.385. The molecule has 1 aromatic carbocycles. The molecule has 0 aliphatic carbocycles. The minimum Gasteiger partial charge on any atom is -0.393 e. The van der Waals surface area contributed by atoms with E-state index in [1.807, 2.05) is 0 Å². The second kappa shape index (κ2) is 8.21. The smallest absolute Gasteiger partial charge is 0.292 e. The van der Waals surface area contributed by atoms with Crippen molar-refractivity contribution < 1.29 is 9.72 Å². The zero-order valence-electron chi connectivity index (χ0n) is 12.5. The van der Waals surface area contributed by atoms with Crippen molar-refractivity contribution in [2.24, 2.45) is 0 Å². The first-order chi connectivity index (χ1) is 10.0. The van der Waals surface area contributed by atoms with E-state index in [2.05, 4.69) is 24.1 Å². The van der Waals surface area contributed by atoms with Gasteiger partial charge in [-0.15, -0.1) is 0 Å². The summed E-state index contributed by atoms with van der Waals surface area (Å²) in [5.41, 5.74) is 5.48. The number of nitro groups is 1. The van der Waals surface area contributed by atoms with Gasteiger partial charge in [0, 0.05) is 19.2 Å². The van der Waals surface area contributed by atoms with E-state index in [0.717, 1.165) is 26.1 Å². The Bertz CT molecular complexity index is 505. The van der Waals surface area contributed by atoms with Gasteiger partial charge in [-0.05, 0) is 25.6 Å². The molecule has 3 N–H and O–H groups in total. The van der Waals surface area contributed by atoms with Crippen LogP contribution in [0.3, 0.4) is 0 Å². The number of benzene rings is 1. The molecule has 0 unspecified atom stereocenters. The summed E-state index contributed by atoms with van der Waals surface area (Å²) in [6, 6.07) is 4.23. The van der Waals surface area contributed by atoms with Crippen molar-refractivity contribution in [1.82, 2.24) is 10.2 Å². The third-order valence-corrected chi connectivity index (χ3v) is 3.23. The van der Waals surface area contributed by atoms with Crippen LogP contribution in [0.1, 0.15) is 30.6 Å². The average molecular weight is 294 g/mol. The van der Waals surface area contributed by atoms with Crippen molar-refractivity contribution in [1.29, 1.82) is 0 Å². The number of nitrogens with one attached hydrogen (secondary N) is 1. The van der Waals surface area contributed by atoms with Gasteiger partial charge in [0.15, 0.2) is 0 Å². The van der Waals surface area contributed by atoms with Gasteiger partial charge in [0.2, 0.25) is 0 Å². The number of nitrogen functional groups attached to an aromatic ring is 1. The summed E-state index contributed by atoms with van der Waals surface area (Å²) in [5, 5.41) is 13.5. The van der Waals surface area contributed by atoms with Gasteiger partial charge in [-0.1, -0.05) is 19.9 Å². The number of nitrogens with two attached hydrogens (primary N) is 1. The van der Waals surface area contributed by atoms with E-state index < -0.39 is 4.92 Å². The number of hydrogen-bond donors (Lipinski definition) is 2. The van der Waals surface area contributed by atoms with E-state index in [0.29, 0.717) is 6.54 Å². The molecule has 0 saturated heterocycles. The van der Waals surface area contributed by atoms with Crippen molar-refractivity contribution in [2.75, 3.05) is 31.9 Å². The topological polar surface area (TPSA) is 102 Å². The van der Waals surface area contributed by atoms with Gasteiger partial charge in [-0.2, -0.15) is 0 Å². The maximum atomic E-state index is 12.0. The minimum absolute atomic E-state index is 0.0964. The number of rotatable bonds is 8. The second-order valence-corrected chi connectivity index (χ2v) is 4.69. The maximum Gasteiger partial charge on any atom is 0.292 e. The van der Waals surface area contributed by atoms with Crippen molar-refractivity contribution in [3.8, 4) is 0 Å². The van der Waals surface area contributed by atoms with Crippen LogP contribution < -0.4 is 11.1 Å². The van der Waals surface area contributed by atoms with Crippen LogP contribution in [-0.2, 0) is 0 Å². The van der Waals surface area contributed by atoms with E-state index >= 15 is 0 Å². The van der Waals surface area contributed by atoms with E-state index in [1.165, 1.54) is 18.2 Å². The van der Waals surface area contributed by atoms with Crippen molar-refractivity contribution in [3.63, 3.8) is 0 Å². The average Bonchev–Trinajstić information content (AvgIpc) is 2.46. The SMILES string of the molecule is CCCN(CC)CCNC(=O)c1cccc([N+](=O)[O-])c1N. The number of carbonyl (C=O) groups is 1. The molecule has 21 heavy (non-hydrogen) atoms. The molecule has 0 aliphatic rings. The fourth-order valence-corrected chi connectivity index (χ4v) is 2.08. The van der Waals surface area contributed by atoms with E-state index in [9.17, 15) is 14.9 Å². The van der Waals surface area contributed by atoms with Gasteiger partial charge in [0.1, 0.15) is 5.69 Å². The number of para-hydroxylation sites is 1. The summed E-state index contributed by atoms with van der Waals surface area (Å²) in [4.78, 5) is 24.5.